The summed E-state index contributed by atoms with van der Waals surface area (Å²) in [6.07, 6.45) is 3.00. The number of nitrogens with two attached hydrogens (primary N) is 1. The van der Waals surface area contributed by atoms with Gasteiger partial charge in [-0.2, -0.15) is 26.3 Å². The van der Waals surface area contributed by atoms with Gasteiger partial charge in [-0.05, 0) is 105 Å². The van der Waals surface area contributed by atoms with E-state index in [1.165, 1.54) is 72.7 Å². The fourth-order valence-electron chi connectivity index (χ4n) is 7.37. The molecule has 0 radical (unpaired) electrons. The Morgan fingerprint density at radius 3 is 1.89 bits per heavy atom. The number of aliphatic carboxylic acids is 1. The van der Waals surface area contributed by atoms with E-state index in [0.29, 0.717) is 59.8 Å². The second kappa shape index (κ2) is 17.0. The normalized spacial score (nSPS) is 21.2. The summed E-state index contributed by atoms with van der Waals surface area (Å²) < 4.78 is 105. The summed E-state index contributed by atoms with van der Waals surface area (Å²) in [7, 11) is -3.48. The lowest BCUT2D eigenvalue weighted by Crippen LogP contribution is -2.61. The number of carboxylic acids is 1. The third-order valence-corrected chi connectivity index (χ3v) is 12.0. The van der Waals surface area contributed by atoms with E-state index < -0.39 is 45.6 Å². The average Bonchev–Trinajstić information content (AvgIpc) is 3.42. The van der Waals surface area contributed by atoms with Crippen molar-refractivity contribution in [1.29, 1.82) is 0 Å². The Balaban J connectivity index is 0.000000730. The maximum absolute atomic E-state index is 16.7. The monoisotopic (exact) mass is 781 g/mol. The van der Waals surface area contributed by atoms with Crippen LogP contribution in [0.3, 0.4) is 0 Å². The van der Waals surface area contributed by atoms with Crippen LogP contribution in [0.15, 0.2) is 83.8 Å². The quantitative estimate of drug-likeness (QED) is 0.193. The van der Waals surface area contributed by atoms with Crippen molar-refractivity contribution >= 4 is 21.9 Å². The Labute approximate surface area is 311 Å². The summed E-state index contributed by atoms with van der Waals surface area (Å²) in [5, 5.41) is 7.12. The van der Waals surface area contributed by atoms with Gasteiger partial charge in [-0.15, -0.1) is 0 Å². The summed E-state index contributed by atoms with van der Waals surface area (Å²) in [6, 6.07) is 16.7. The maximum atomic E-state index is 16.7. The smallest absolute Gasteiger partial charge is 0.490 e. The lowest BCUT2D eigenvalue weighted by Gasteiger charge is -2.42. The van der Waals surface area contributed by atoms with E-state index in [0.717, 1.165) is 19.9 Å². The van der Waals surface area contributed by atoms with E-state index in [1.54, 1.807) is 24.3 Å². The zero-order valence-corrected chi connectivity index (χ0v) is 30.4. The number of para-hydroxylation sites is 1. The van der Waals surface area contributed by atoms with Gasteiger partial charge in [-0.1, -0.05) is 37.5 Å². The standard InChI is InChI=1S/C36H43F2N3O5S.C2HF3O2/c1-40(47(43,44)33-20-18-30(19-21-33)45-24-25-8-4-2-5-9-25)34(35(42)41-28-14-15-29(41)23-27(39)22-28)36(37,38)26-12-16-32(17-13-26)46-31-10-6-3-7-11-31;3-2(4,5)1(6)7/h3,6-7,10-13,16-21,25,27-29,34H,2,4-5,8-9,14-15,22-24,39H2,1H3;(H,6,7)/t27?,28?,29?,34-;/m0./s1. The molecule has 2 unspecified atom stereocenters. The van der Waals surface area contributed by atoms with Gasteiger partial charge >= 0.3 is 12.1 Å². The zero-order valence-electron chi connectivity index (χ0n) is 29.6. The predicted octanol–water partition coefficient (Wildman–Crippen LogP) is 7.33. The van der Waals surface area contributed by atoms with Crippen molar-refractivity contribution in [3.63, 3.8) is 0 Å². The number of ether oxygens (including phenoxy) is 2. The minimum Gasteiger partial charge on any atom is -0.493 e. The first-order valence-corrected chi connectivity index (χ1v) is 19.2. The number of nitrogens with zero attached hydrogens (tertiary/aromatic N) is 2. The lowest BCUT2D eigenvalue weighted by atomic mass is 9.90. The zero-order chi connectivity index (χ0) is 39.3. The molecule has 0 aromatic heterocycles. The van der Waals surface area contributed by atoms with Crippen LogP contribution in [0, 0.1) is 5.92 Å². The molecule has 3 N–H and O–H groups in total. The minimum absolute atomic E-state index is 0.132. The molecule has 3 aliphatic rings. The Kier molecular flexibility index (Phi) is 12.9. The molecule has 54 heavy (non-hydrogen) atoms. The number of sulfonamides is 1. The highest BCUT2D eigenvalue weighted by atomic mass is 32.2. The van der Waals surface area contributed by atoms with Gasteiger partial charge in [-0.25, -0.2) is 13.2 Å². The van der Waals surface area contributed by atoms with Gasteiger partial charge < -0.3 is 25.2 Å². The molecule has 10 nitrogen and oxygen atoms in total. The van der Waals surface area contributed by atoms with Gasteiger partial charge in [-0.3, -0.25) is 4.79 Å². The van der Waals surface area contributed by atoms with Crippen molar-refractivity contribution in [3.8, 4) is 17.2 Å². The molecule has 3 atom stereocenters. The third kappa shape index (κ3) is 9.68. The van der Waals surface area contributed by atoms with Crippen LogP contribution in [0.5, 0.6) is 17.2 Å². The Hall–Kier alpha value is -4.28. The fourth-order valence-corrected chi connectivity index (χ4v) is 8.68. The number of carbonyl (C=O) groups excluding carboxylic acids is 1. The van der Waals surface area contributed by atoms with E-state index in [-0.39, 0.29) is 23.0 Å². The van der Waals surface area contributed by atoms with Crippen molar-refractivity contribution in [2.75, 3.05) is 13.7 Å². The number of carboxylic acid groups (broad SMARTS) is 1. The molecule has 2 aliphatic heterocycles. The highest BCUT2D eigenvalue weighted by Gasteiger charge is 2.56. The van der Waals surface area contributed by atoms with Gasteiger partial charge in [0.1, 0.15) is 17.2 Å². The fraction of sp³-hybridized carbons (Fsp3) is 0.474. The van der Waals surface area contributed by atoms with Crippen molar-refractivity contribution in [2.45, 2.75) is 98.9 Å². The topological polar surface area (TPSA) is 139 Å². The summed E-state index contributed by atoms with van der Waals surface area (Å²) in [4.78, 5) is 24.4. The van der Waals surface area contributed by atoms with Crippen LogP contribution in [0.2, 0.25) is 0 Å². The Morgan fingerprint density at radius 2 is 1.35 bits per heavy atom. The highest BCUT2D eigenvalue weighted by molar-refractivity contribution is 7.89. The van der Waals surface area contributed by atoms with Gasteiger partial charge in [0.05, 0.1) is 11.5 Å². The van der Waals surface area contributed by atoms with E-state index in [2.05, 4.69) is 0 Å². The SMILES string of the molecule is CN([C@@H](C(=O)N1C2CCC1CC(N)C2)C(F)(F)c1ccc(Oc2ccccc2)cc1)S(=O)(=O)c1ccc(OCC2CCCCC2)cc1.O=C(O)C(F)(F)F. The van der Waals surface area contributed by atoms with Crippen molar-refractivity contribution in [3.05, 3.63) is 84.4 Å². The first-order valence-electron chi connectivity index (χ1n) is 17.8. The molecule has 3 aromatic rings. The molecule has 2 saturated heterocycles. The predicted molar refractivity (Wildman–Crippen MR) is 189 cm³/mol. The number of amides is 1. The van der Waals surface area contributed by atoms with Gasteiger partial charge in [0.15, 0.2) is 6.04 Å². The molecular weight excluding hydrogens is 737 g/mol. The second-order valence-electron chi connectivity index (χ2n) is 13.9. The molecule has 1 saturated carbocycles. The molecule has 3 fully saturated rings. The van der Waals surface area contributed by atoms with Gasteiger partial charge in [0.2, 0.25) is 15.9 Å². The Bertz CT molecular complexity index is 1810. The Morgan fingerprint density at radius 1 is 0.833 bits per heavy atom. The first-order chi connectivity index (χ1) is 25.5. The van der Waals surface area contributed by atoms with Gasteiger partial charge in [0.25, 0.3) is 5.92 Å². The molecule has 6 rings (SSSR count). The van der Waals surface area contributed by atoms with Crippen molar-refractivity contribution < 1.29 is 54.5 Å². The molecule has 0 spiro atoms. The van der Waals surface area contributed by atoms with Crippen LogP contribution in [0.1, 0.15) is 63.4 Å². The summed E-state index contributed by atoms with van der Waals surface area (Å²) in [6.45, 7) is 0.547. The number of alkyl halides is 5. The number of hydrogen-bond acceptors (Lipinski definition) is 7. The van der Waals surface area contributed by atoms with Crippen molar-refractivity contribution in [1.82, 2.24) is 9.21 Å². The van der Waals surface area contributed by atoms with Crippen LogP contribution in [0.25, 0.3) is 0 Å². The van der Waals surface area contributed by atoms with Crippen LogP contribution < -0.4 is 15.2 Å². The highest BCUT2D eigenvalue weighted by Crippen LogP contribution is 2.42. The van der Waals surface area contributed by atoms with Crippen LogP contribution >= 0.6 is 0 Å². The summed E-state index contributed by atoms with van der Waals surface area (Å²) >= 11 is 0. The van der Waals surface area contributed by atoms with E-state index >= 15 is 8.78 Å². The second-order valence-corrected chi connectivity index (χ2v) is 15.9. The number of halogens is 5. The van der Waals surface area contributed by atoms with Crippen LogP contribution in [-0.2, 0) is 25.5 Å². The maximum Gasteiger partial charge on any atom is 0.490 e. The molecule has 2 heterocycles. The van der Waals surface area contributed by atoms with E-state index in [1.807, 2.05) is 6.07 Å². The molecule has 16 heteroatoms. The molecular formula is C38H44F5N3O7S. The van der Waals surface area contributed by atoms with Crippen molar-refractivity contribution in [2.24, 2.45) is 11.7 Å². The van der Waals surface area contributed by atoms with E-state index in [4.69, 9.17) is 25.1 Å². The number of benzene rings is 3. The van der Waals surface area contributed by atoms with E-state index in [9.17, 15) is 26.4 Å². The summed E-state index contributed by atoms with van der Waals surface area (Å²) in [5.74, 6) is -5.72. The average molecular weight is 782 g/mol. The molecule has 1 amide bonds. The summed E-state index contributed by atoms with van der Waals surface area (Å²) in [5.41, 5.74) is 5.71. The number of fused-ring (bicyclic) bond motifs is 2. The van der Waals surface area contributed by atoms with Crippen LogP contribution in [0.4, 0.5) is 22.0 Å². The minimum atomic E-state index is -5.08. The lowest BCUT2D eigenvalue weighted by molar-refractivity contribution is -0.192. The molecule has 294 valence electrons. The number of likely N-dealkylation sites (N-methyl/N-ethyl adjacent to an activating group) is 1. The number of piperidine rings is 1. The first kappa shape index (κ1) is 40.9. The molecule has 1 aliphatic carbocycles. The number of hydrogen-bond donors (Lipinski definition) is 2. The number of carbonyl (C=O) groups is 2. The number of rotatable bonds is 11. The molecule has 2 bridgehead atoms. The largest absolute Gasteiger partial charge is 0.493 e. The van der Waals surface area contributed by atoms with Gasteiger partial charge in [0, 0.05) is 30.7 Å². The molecule has 3 aromatic carbocycles. The third-order valence-electron chi connectivity index (χ3n) is 10.1. The van der Waals surface area contributed by atoms with Crippen LogP contribution in [-0.4, -0.2) is 78.6 Å².